The van der Waals surface area contributed by atoms with E-state index in [1.54, 1.807) is 0 Å². The van der Waals surface area contributed by atoms with Crippen molar-refractivity contribution in [1.29, 1.82) is 0 Å². The first kappa shape index (κ1) is 17.4. The second kappa shape index (κ2) is 7.64. The van der Waals surface area contributed by atoms with E-state index in [-0.39, 0.29) is 12.0 Å². The van der Waals surface area contributed by atoms with Gasteiger partial charge < -0.3 is 10.6 Å². The van der Waals surface area contributed by atoms with Crippen LogP contribution in [-0.4, -0.2) is 28.4 Å². The van der Waals surface area contributed by atoms with Crippen molar-refractivity contribution >= 4 is 5.91 Å². The highest BCUT2D eigenvalue weighted by molar-refractivity contribution is 5.79. The normalized spacial score (nSPS) is 24.7. The number of fused-ring (bicyclic) bond motifs is 1. The van der Waals surface area contributed by atoms with Crippen LogP contribution in [0.1, 0.15) is 75.1 Å². The molecule has 1 fully saturated rings. The molecule has 1 saturated carbocycles. The number of carbonyl (C=O) groups is 1. The molecule has 2 N–H and O–H groups in total. The molecule has 3 unspecified atom stereocenters. The number of amides is 1. The van der Waals surface area contributed by atoms with Gasteiger partial charge in [-0.05, 0) is 49.1 Å². The highest BCUT2D eigenvalue weighted by Crippen LogP contribution is 2.30. The van der Waals surface area contributed by atoms with Crippen molar-refractivity contribution < 1.29 is 4.79 Å². The second-order valence-electron chi connectivity index (χ2n) is 7.55. The standard InChI is InChI=1S/C20H31N3O/c1-3-5-14(4-2)16-10-17-13-23(9-8-19(17)22-12-16)20(24)15-6-7-18(21)11-15/h10,12,14-15,18H,3-9,11,13,21H2,1-2H3. The third kappa shape index (κ3) is 3.64. The average Bonchev–Trinajstić information content (AvgIpc) is 3.04. The Morgan fingerprint density at radius 2 is 2.25 bits per heavy atom. The van der Waals surface area contributed by atoms with Crippen LogP contribution in [0.15, 0.2) is 12.3 Å². The predicted octanol–water partition coefficient (Wildman–Crippen LogP) is 3.39. The fourth-order valence-corrected chi connectivity index (χ4v) is 4.31. The predicted molar refractivity (Wildman–Crippen MR) is 96.6 cm³/mol. The molecule has 24 heavy (non-hydrogen) atoms. The van der Waals surface area contributed by atoms with Gasteiger partial charge in [0.1, 0.15) is 0 Å². The van der Waals surface area contributed by atoms with E-state index in [1.165, 1.54) is 29.7 Å². The third-order valence-corrected chi connectivity index (χ3v) is 5.80. The monoisotopic (exact) mass is 329 g/mol. The summed E-state index contributed by atoms with van der Waals surface area (Å²) in [6.07, 6.45) is 9.30. The molecule has 0 bridgehead atoms. The molecule has 2 heterocycles. The summed E-state index contributed by atoms with van der Waals surface area (Å²) in [7, 11) is 0. The van der Waals surface area contributed by atoms with Crippen LogP contribution in [0.3, 0.4) is 0 Å². The first-order chi connectivity index (χ1) is 11.6. The van der Waals surface area contributed by atoms with Crippen molar-refractivity contribution in [3.8, 4) is 0 Å². The minimum Gasteiger partial charge on any atom is -0.338 e. The van der Waals surface area contributed by atoms with Gasteiger partial charge in [0.15, 0.2) is 0 Å². The van der Waals surface area contributed by atoms with Crippen molar-refractivity contribution in [2.75, 3.05) is 6.54 Å². The minimum atomic E-state index is 0.140. The number of rotatable bonds is 5. The topological polar surface area (TPSA) is 59.2 Å². The summed E-state index contributed by atoms with van der Waals surface area (Å²) >= 11 is 0. The molecule has 4 heteroatoms. The van der Waals surface area contributed by atoms with E-state index in [0.717, 1.165) is 45.2 Å². The molecule has 4 nitrogen and oxygen atoms in total. The Morgan fingerprint density at radius 1 is 1.42 bits per heavy atom. The van der Waals surface area contributed by atoms with Crippen molar-refractivity contribution in [1.82, 2.24) is 9.88 Å². The Balaban J connectivity index is 1.73. The van der Waals surface area contributed by atoms with Crippen LogP contribution in [-0.2, 0) is 17.8 Å². The van der Waals surface area contributed by atoms with E-state index in [9.17, 15) is 4.79 Å². The molecule has 3 atom stereocenters. The van der Waals surface area contributed by atoms with Crippen LogP contribution in [0.4, 0.5) is 0 Å². The summed E-state index contributed by atoms with van der Waals surface area (Å²) in [4.78, 5) is 19.5. The maximum Gasteiger partial charge on any atom is 0.226 e. The van der Waals surface area contributed by atoms with Crippen LogP contribution >= 0.6 is 0 Å². The Kier molecular flexibility index (Phi) is 5.54. The number of hydrogen-bond donors (Lipinski definition) is 1. The molecule has 3 rings (SSSR count). The molecule has 0 saturated heterocycles. The van der Waals surface area contributed by atoms with Gasteiger partial charge in [0, 0.05) is 43.4 Å². The van der Waals surface area contributed by atoms with Gasteiger partial charge in [-0.25, -0.2) is 0 Å². The van der Waals surface area contributed by atoms with Crippen molar-refractivity contribution in [3.05, 3.63) is 29.1 Å². The van der Waals surface area contributed by atoms with Crippen molar-refractivity contribution in [3.63, 3.8) is 0 Å². The average molecular weight is 329 g/mol. The maximum atomic E-state index is 12.8. The number of pyridine rings is 1. The van der Waals surface area contributed by atoms with E-state index >= 15 is 0 Å². The number of nitrogens with two attached hydrogens (primary N) is 1. The highest BCUT2D eigenvalue weighted by atomic mass is 16.2. The van der Waals surface area contributed by atoms with Crippen molar-refractivity contribution in [2.45, 2.75) is 77.3 Å². The largest absolute Gasteiger partial charge is 0.338 e. The molecule has 132 valence electrons. The fourth-order valence-electron chi connectivity index (χ4n) is 4.31. The zero-order chi connectivity index (χ0) is 17.1. The molecule has 1 aromatic heterocycles. The zero-order valence-corrected chi connectivity index (χ0v) is 15.1. The van der Waals surface area contributed by atoms with Crippen LogP contribution < -0.4 is 5.73 Å². The second-order valence-corrected chi connectivity index (χ2v) is 7.55. The van der Waals surface area contributed by atoms with Crippen LogP contribution in [0.5, 0.6) is 0 Å². The third-order valence-electron chi connectivity index (χ3n) is 5.80. The first-order valence-electron chi connectivity index (χ1n) is 9.64. The number of aromatic nitrogens is 1. The minimum absolute atomic E-state index is 0.140. The van der Waals surface area contributed by atoms with Gasteiger partial charge >= 0.3 is 0 Å². The molecule has 2 aliphatic rings. The van der Waals surface area contributed by atoms with E-state index < -0.39 is 0 Å². The van der Waals surface area contributed by atoms with E-state index in [1.807, 2.05) is 4.90 Å². The summed E-state index contributed by atoms with van der Waals surface area (Å²) in [5.74, 6) is 1.03. The molecule has 0 spiro atoms. The maximum absolute atomic E-state index is 12.8. The van der Waals surface area contributed by atoms with Gasteiger partial charge in [-0.2, -0.15) is 0 Å². The molecular weight excluding hydrogens is 298 g/mol. The smallest absolute Gasteiger partial charge is 0.226 e. The summed E-state index contributed by atoms with van der Waals surface area (Å²) < 4.78 is 0. The van der Waals surface area contributed by atoms with Gasteiger partial charge in [0.2, 0.25) is 5.91 Å². The number of carbonyl (C=O) groups excluding carboxylic acids is 1. The van der Waals surface area contributed by atoms with Crippen LogP contribution in [0.2, 0.25) is 0 Å². The molecular formula is C20H31N3O. The summed E-state index contributed by atoms with van der Waals surface area (Å²) in [6.45, 7) is 6.01. The first-order valence-corrected chi connectivity index (χ1v) is 9.64. The summed E-state index contributed by atoms with van der Waals surface area (Å²) in [5, 5.41) is 0. The van der Waals surface area contributed by atoms with E-state index in [4.69, 9.17) is 10.7 Å². The van der Waals surface area contributed by atoms with Crippen LogP contribution in [0.25, 0.3) is 0 Å². The van der Waals surface area contributed by atoms with Crippen LogP contribution in [0, 0.1) is 5.92 Å². The lowest BCUT2D eigenvalue weighted by molar-refractivity contribution is -0.136. The molecule has 0 aromatic carbocycles. The molecule has 0 radical (unpaired) electrons. The molecule has 1 aliphatic heterocycles. The lowest BCUT2D eigenvalue weighted by Gasteiger charge is -2.31. The fraction of sp³-hybridized carbons (Fsp3) is 0.700. The van der Waals surface area contributed by atoms with Crippen molar-refractivity contribution in [2.24, 2.45) is 11.7 Å². The van der Waals surface area contributed by atoms with Gasteiger partial charge in [-0.1, -0.05) is 26.3 Å². The molecule has 1 aromatic rings. The Morgan fingerprint density at radius 3 is 2.92 bits per heavy atom. The SMILES string of the molecule is CCCC(CC)c1cnc2c(c1)CN(C(=O)C1CCC(N)C1)CC2. The van der Waals surface area contributed by atoms with Gasteiger partial charge in [-0.3, -0.25) is 9.78 Å². The molecule has 1 amide bonds. The van der Waals surface area contributed by atoms with E-state index in [0.29, 0.717) is 11.8 Å². The van der Waals surface area contributed by atoms with E-state index in [2.05, 4.69) is 26.1 Å². The lowest BCUT2D eigenvalue weighted by atomic mass is 9.91. The molecule has 1 aliphatic carbocycles. The van der Waals surface area contributed by atoms with Gasteiger partial charge in [-0.15, -0.1) is 0 Å². The Hall–Kier alpha value is -1.42. The Labute approximate surface area is 145 Å². The zero-order valence-electron chi connectivity index (χ0n) is 15.1. The summed E-state index contributed by atoms with van der Waals surface area (Å²) in [5.41, 5.74) is 9.76. The highest BCUT2D eigenvalue weighted by Gasteiger charge is 2.32. The van der Waals surface area contributed by atoms with Gasteiger partial charge in [0.25, 0.3) is 0 Å². The number of nitrogens with zero attached hydrogens (tertiary/aromatic N) is 2. The number of hydrogen-bond acceptors (Lipinski definition) is 3. The Bertz CT molecular complexity index is 586. The lowest BCUT2D eigenvalue weighted by Crippen LogP contribution is -2.39. The summed E-state index contributed by atoms with van der Waals surface area (Å²) in [6, 6.07) is 2.52. The quantitative estimate of drug-likeness (QED) is 0.901. The van der Waals surface area contributed by atoms with Gasteiger partial charge in [0.05, 0.1) is 0 Å².